The van der Waals surface area contributed by atoms with Crippen molar-refractivity contribution in [2.45, 2.75) is 58.0 Å². The van der Waals surface area contributed by atoms with Crippen LogP contribution in [-0.4, -0.2) is 26.6 Å². The van der Waals surface area contributed by atoms with Crippen molar-refractivity contribution in [2.24, 2.45) is 11.3 Å². The van der Waals surface area contributed by atoms with Crippen molar-refractivity contribution in [3.63, 3.8) is 0 Å². The first kappa shape index (κ1) is 21.7. The minimum Gasteiger partial charge on any atom is -0.508 e. The van der Waals surface area contributed by atoms with Gasteiger partial charge in [-0.15, -0.1) is 0 Å². The highest BCUT2D eigenvalue weighted by atomic mass is 32.2. The normalized spacial score (nSPS) is 19.8. The van der Waals surface area contributed by atoms with E-state index in [9.17, 15) is 14.7 Å². The van der Waals surface area contributed by atoms with E-state index < -0.39 is 5.92 Å². The molecule has 6 nitrogen and oxygen atoms in total. The van der Waals surface area contributed by atoms with E-state index in [-0.39, 0.29) is 22.5 Å². The molecular formula is C24H29N3O3S. The van der Waals surface area contributed by atoms with Crippen molar-refractivity contribution >= 4 is 23.4 Å². The highest BCUT2D eigenvalue weighted by Crippen LogP contribution is 2.48. The Hall–Kier alpha value is -2.54. The number of H-pyrrole nitrogens is 1. The summed E-state index contributed by atoms with van der Waals surface area (Å²) in [6, 6.07) is 6.80. The van der Waals surface area contributed by atoms with E-state index in [4.69, 9.17) is 4.98 Å². The van der Waals surface area contributed by atoms with Gasteiger partial charge < -0.3 is 15.4 Å². The summed E-state index contributed by atoms with van der Waals surface area (Å²) in [6.07, 6.45) is 2.16. The first-order valence-electron chi connectivity index (χ1n) is 10.7. The molecule has 0 amide bonds. The van der Waals surface area contributed by atoms with E-state index >= 15 is 0 Å². The predicted molar refractivity (Wildman–Crippen MR) is 124 cm³/mol. The van der Waals surface area contributed by atoms with Crippen molar-refractivity contribution < 1.29 is 9.90 Å². The lowest BCUT2D eigenvalue weighted by Gasteiger charge is -2.38. The van der Waals surface area contributed by atoms with Crippen LogP contribution >= 0.6 is 11.8 Å². The van der Waals surface area contributed by atoms with Crippen LogP contribution in [-0.2, 0) is 4.79 Å². The number of phenols is 1. The molecule has 2 heterocycles. The summed E-state index contributed by atoms with van der Waals surface area (Å²) >= 11 is 1.54. The van der Waals surface area contributed by atoms with Gasteiger partial charge in [0.2, 0.25) is 0 Å². The number of rotatable bonds is 5. The van der Waals surface area contributed by atoms with Gasteiger partial charge in [-0.05, 0) is 41.9 Å². The number of allylic oxidation sites excluding steroid dienone is 2. The molecule has 1 unspecified atom stereocenters. The van der Waals surface area contributed by atoms with Crippen molar-refractivity contribution in [3.8, 4) is 5.75 Å². The Labute approximate surface area is 186 Å². The van der Waals surface area contributed by atoms with Crippen LogP contribution in [0.3, 0.4) is 0 Å². The number of hydrogen-bond donors (Lipinski definition) is 3. The van der Waals surface area contributed by atoms with E-state index in [1.807, 2.05) is 6.07 Å². The molecule has 0 spiro atoms. The quantitative estimate of drug-likeness (QED) is 0.457. The van der Waals surface area contributed by atoms with Gasteiger partial charge in [0.25, 0.3) is 5.56 Å². The average molecular weight is 440 g/mol. The number of Topliss-reactive ketones (excluding diaryl/α,β-unsaturated/α-hetero) is 1. The second-order valence-corrected chi connectivity index (χ2v) is 10.7. The molecule has 0 radical (unpaired) electrons. The molecule has 3 N–H and O–H groups in total. The number of nitrogens with zero attached hydrogens (tertiary/aromatic N) is 1. The van der Waals surface area contributed by atoms with Gasteiger partial charge in [-0.25, -0.2) is 4.98 Å². The fraction of sp³-hybridized carbons (Fsp3) is 0.458. The van der Waals surface area contributed by atoms with Gasteiger partial charge >= 0.3 is 0 Å². The Morgan fingerprint density at radius 1 is 1.26 bits per heavy atom. The monoisotopic (exact) mass is 439 g/mol. The van der Waals surface area contributed by atoms with Gasteiger partial charge in [-0.3, -0.25) is 9.59 Å². The third-order valence-corrected chi connectivity index (χ3v) is 6.74. The molecule has 2 aromatic rings. The zero-order chi connectivity index (χ0) is 22.3. The molecule has 0 saturated carbocycles. The van der Waals surface area contributed by atoms with Crippen LogP contribution in [0, 0.1) is 11.3 Å². The third kappa shape index (κ3) is 4.42. The summed E-state index contributed by atoms with van der Waals surface area (Å²) in [5, 5.41) is 14.0. The van der Waals surface area contributed by atoms with Crippen LogP contribution in [0.25, 0.3) is 0 Å². The summed E-state index contributed by atoms with van der Waals surface area (Å²) in [5.74, 6) is 1.55. The van der Waals surface area contributed by atoms with Gasteiger partial charge in [0, 0.05) is 29.4 Å². The number of aromatic hydroxyl groups is 1. The lowest BCUT2D eigenvalue weighted by atomic mass is 9.69. The first-order valence-corrected chi connectivity index (χ1v) is 11.7. The number of aromatic amines is 1. The topological polar surface area (TPSA) is 95.1 Å². The first-order chi connectivity index (χ1) is 14.6. The molecule has 1 aromatic carbocycles. The number of anilines is 1. The van der Waals surface area contributed by atoms with E-state index in [1.165, 1.54) is 11.8 Å². The number of ketones is 1. The van der Waals surface area contributed by atoms with Gasteiger partial charge in [0.05, 0.1) is 5.56 Å². The minimum atomic E-state index is -0.548. The number of aromatic nitrogens is 2. The molecule has 0 fully saturated rings. The number of hydrogen-bond acceptors (Lipinski definition) is 6. The van der Waals surface area contributed by atoms with E-state index in [0.717, 1.165) is 23.4 Å². The second kappa shape index (κ2) is 8.19. The maximum Gasteiger partial charge on any atom is 0.257 e. The second-order valence-electron chi connectivity index (χ2n) is 9.65. The molecule has 1 atom stereocenters. The summed E-state index contributed by atoms with van der Waals surface area (Å²) < 4.78 is 0. The Balaban J connectivity index is 1.83. The summed E-state index contributed by atoms with van der Waals surface area (Å²) in [5.41, 5.74) is 2.19. The molecule has 4 rings (SSSR count). The molecule has 7 heteroatoms. The molecule has 164 valence electrons. The predicted octanol–water partition coefficient (Wildman–Crippen LogP) is 4.81. The van der Waals surface area contributed by atoms with Crippen molar-refractivity contribution in [3.05, 3.63) is 57.0 Å². The van der Waals surface area contributed by atoms with Crippen molar-refractivity contribution in [1.29, 1.82) is 0 Å². The van der Waals surface area contributed by atoms with Crippen LogP contribution in [0.4, 0.5) is 5.82 Å². The Morgan fingerprint density at radius 2 is 2.03 bits per heavy atom. The minimum absolute atomic E-state index is 0.0347. The van der Waals surface area contributed by atoms with Crippen LogP contribution in [0.15, 0.2) is 45.5 Å². The number of phenolic OH excluding ortho intramolecular Hbond substituents is 1. The SMILES string of the molecule is CC(C)CCSc1nc2c(c(=O)[nH]1)C(c1cccc(O)c1)C1=C(CC(C)(C)CC1=O)N2. The molecule has 0 bridgehead atoms. The molecule has 0 saturated heterocycles. The Kier molecular flexibility index (Phi) is 5.73. The number of carbonyl (C=O) groups excluding carboxylic acids is 1. The van der Waals surface area contributed by atoms with E-state index in [0.29, 0.717) is 40.9 Å². The smallest absolute Gasteiger partial charge is 0.257 e. The third-order valence-electron chi connectivity index (χ3n) is 5.84. The number of thioether (sulfide) groups is 1. The van der Waals surface area contributed by atoms with Gasteiger partial charge in [0.15, 0.2) is 10.9 Å². The number of carbonyl (C=O) groups is 1. The van der Waals surface area contributed by atoms with Gasteiger partial charge in [0.1, 0.15) is 11.6 Å². The maximum absolute atomic E-state index is 13.2. The summed E-state index contributed by atoms with van der Waals surface area (Å²) in [6.45, 7) is 8.49. The highest BCUT2D eigenvalue weighted by molar-refractivity contribution is 7.99. The highest BCUT2D eigenvalue weighted by Gasteiger charge is 2.42. The maximum atomic E-state index is 13.2. The van der Waals surface area contributed by atoms with Crippen LogP contribution in [0.2, 0.25) is 0 Å². The van der Waals surface area contributed by atoms with Crippen molar-refractivity contribution in [1.82, 2.24) is 9.97 Å². The zero-order valence-electron chi connectivity index (χ0n) is 18.4. The number of fused-ring (bicyclic) bond motifs is 1. The molecule has 1 aromatic heterocycles. The molecule has 2 aliphatic rings. The fourth-order valence-electron chi connectivity index (χ4n) is 4.39. The molecule has 1 aliphatic carbocycles. The number of nitrogens with one attached hydrogen (secondary N) is 2. The molecule has 31 heavy (non-hydrogen) atoms. The molecular weight excluding hydrogens is 410 g/mol. The van der Waals surface area contributed by atoms with Crippen LogP contribution < -0.4 is 10.9 Å². The fourth-order valence-corrected chi connectivity index (χ4v) is 5.49. The Morgan fingerprint density at radius 3 is 2.74 bits per heavy atom. The van der Waals surface area contributed by atoms with Gasteiger partial charge in [-0.2, -0.15) is 0 Å². The van der Waals surface area contributed by atoms with Gasteiger partial charge in [-0.1, -0.05) is 51.6 Å². The zero-order valence-corrected chi connectivity index (χ0v) is 19.2. The van der Waals surface area contributed by atoms with E-state index in [1.54, 1.807) is 18.2 Å². The van der Waals surface area contributed by atoms with Crippen LogP contribution in [0.5, 0.6) is 5.75 Å². The number of benzene rings is 1. The van der Waals surface area contributed by atoms with E-state index in [2.05, 4.69) is 38.0 Å². The summed E-state index contributed by atoms with van der Waals surface area (Å²) in [7, 11) is 0. The largest absolute Gasteiger partial charge is 0.508 e. The lowest BCUT2D eigenvalue weighted by molar-refractivity contribution is -0.118. The van der Waals surface area contributed by atoms with Crippen LogP contribution in [0.1, 0.15) is 64.0 Å². The summed E-state index contributed by atoms with van der Waals surface area (Å²) in [4.78, 5) is 34.1. The standard InChI is InChI=1S/C24H29N3O3S/c1-13(2)8-9-31-23-26-21-20(22(30)27-23)18(14-6-5-7-15(28)10-14)19-16(25-21)11-24(3,4)12-17(19)29/h5-7,10,13,18,28H,8-9,11-12H2,1-4H3,(H2,25,26,27,30). The molecule has 1 aliphatic heterocycles. The average Bonchev–Trinajstić information content (AvgIpc) is 2.65. The lowest BCUT2D eigenvalue weighted by Crippen LogP contribution is -2.37. The van der Waals surface area contributed by atoms with Crippen molar-refractivity contribution in [2.75, 3.05) is 11.1 Å². The Bertz CT molecular complexity index is 1120.